The van der Waals surface area contributed by atoms with E-state index in [0.717, 1.165) is 11.8 Å². The van der Waals surface area contributed by atoms with Gasteiger partial charge in [0, 0.05) is 10.6 Å². The first kappa shape index (κ1) is 13.4. The van der Waals surface area contributed by atoms with Crippen molar-refractivity contribution in [2.45, 2.75) is 3.67 Å². The molecule has 3 N–H and O–H groups in total. The monoisotopic (exact) mass is 300 g/mol. The molecule has 0 saturated carbocycles. The lowest BCUT2D eigenvalue weighted by Gasteiger charge is -2.20. The topological polar surface area (TPSA) is 38.0 Å². The fourth-order valence-corrected chi connectivity index (χ4v) is 3.35. The maximum Gasteiger partial charge on any atom is 0.196 e. The summed E-state index contributed by atoms with van der Waals surface area (Å²) in [5.41, 5.74) is 2.87. The van der Waals surface area contributed by atoms with Crippen LogP contribution in [0.1, 0.15) is 5.56 Å². The van der Waals surface area contributed by atoms with Crippen molar-refractivity contribution < 1.29 is 0 Å². The van der Waals surface area contributed by atoms with Gasteiger partial charge in [-0.3, -0.25) is 0 Å². The molecule has 0 spiro atoms. The Kier molecular flexibility index (Phi) is 4.96. The summed E-state index contributed by atoms with van der Waals surface area (Å²) in [7, 11) is 0. The van der Waals surface area contributed by atoms with E-state index in [0.29, 0.717) is 14.9 Å². The van der Waals surface area contributed by atoms with E-state index < -0.39 is 3.67 Å². The molecule has 0 fully saturated rings. The van der Waals surface area contributed by atoms with Crippen molar-refractivity contribution in [1.29, 1.82) is 0 Å². The second-order valence-electron chi connectivity index (χ2n) is 2.53. The third kappa shape index (κ3) is 3.66. The number of halogens is 3. The van der Waals surface area contributed by atoms with Gasteiger partial charge in [0.05, 0.1) is 0 Å². The second-order valence-corrected chi connectivity index (χ2v) is 6.60. The van der Waals surface area contributed by atoms with Crippen molar-refractivity contribution in [3.05, 3.63) is 34.9 Å². The highest BCUT2D eigenvalue weighted by atomic mass is 35.5. The number of hydrogen-bond donors (Lipinski definition) is 2. The minimum atomic E-state index is -1.25. The maximum absolute atomic E-state index is 6.10. The van der Waals surface area contributed by atoms with E-state index >= 15 is 0 Å². The molecule has 0 aliphatic rings. The highest BCUT2D eigenvalue weighted by Crippen LogP contribution is 2.47. The van der Waals surface area contributed by atoms with Crippen molar-refractivity contribution in [1.82, 2.24) is 5.43 Å². The van der Waals surface area contributed by atoms with E-state index in [4.69, 9.17) is 52.9 Å². The quantitative estimate of drug-likeness (QED) is 0.380. The number of rotatable bonds is 2. The highest BCUT2D eigenvalue weighted by molar-refractivity contribution is 8.24. The van der Waals surface area contributed by atoms with Crippen LogP contribution in [-0.2, 0) is 3.67 Å². The van der Waals surface area contributed by atoms with Gasteiger partial charge in [-0.05, 0) is 6.07 Å². The number of hydrazine groups is 1. The molecule has 0 radical (unpaired) electrons. The molecule has 0 atom stereocenters. The van der Waals surface area contributed by atoms with Gasteiger partial charge in [-0.1, -0.05) is 77.0 Å². The van der Waals surface area contributed by atoms with Gasteiger partial charge in [0.1, 0.15) is 0 Å². The Morgan fingerprint density at radius 2 is 2.00 bits per heavy atom. The standard InChI is InChI=1S/C8H7Cl3N2S2/c9-6-4-2-1-3-5(6)8(10,11)15-7(14)13-12/h1-4H,12H2,(H,13,14). The molecule has 1 aromatic rings. The number of alkyl halides is 2. The zero-order valence-electron chi connectivity index (χ0n) is 7.34. The van der Waals surface area contributed by atoms with Gasteiger partial charge < -0.3 is 5.43 Å². The third-order valence-electron chi connectivity index (χ3n) is 1.53. The fraction of sp³-hybridized carbons (Fsp3) is 0.125. The number of hydrogen-bond acceptors (Lipinski definition) is 3. The molecule has 7 heteroatoms. The second kappa shape index (κ2) is 5.57. The summed E-state index contributed by atoms with van der Waals surface area (Å²) >= 11 is 24.0. The smallest absolute Gasteiger partial charge is 0.196 e. The molecule has 2 nitrogen and oxygen atoms in total. The number of benzene rings is 1. The normalized spacial score (nSPS) is 11.2. The molecular formula is C8H7Cl3N2S2. The molecule has 1 aromatic carbocycles. The summed E-state index contributed by atoms with van der Waals surface area (Å²) < 4.78 is -0.957. The van der Waals surface area contributed by atoms with Crippen LogP contribution in [0.4, 0.5) is 0 Å². The summed E-state index contributed by atoms with van der Waals surface area (Å²) in [5, 5.41) is 0.481. The summed E-state index contributed by atoms with van der Waals surface area (Å²) in [4.78, 5) is 0. The van der Waals surface area contributed by atoms with Crippen LogP contribution < -0.4 is 11.3 Å². The van der Waals surface area contributed by atoms with E-state index in [1.807, 2.05) is 0 Å². The Bertz CT molecular complexity index is 371. The van der Waals surface area contributed by atoms with Gasteiger partial charge in [-0.25, -0.2) is 5.84 Å². The van der Waals surface area contributed by atoms with Crippen LogP contribution in [-0.4, -0.2) is 4.32 Å². The summed E-state index contributed by atoms with van der Waals surface area (Å²) in [6.45, 7) is 0. The zero-order chi connectivity index (χ0) is 11.5. The average molecular weight is 302 g/mol. The molecule has 0 saturated heterocycles. The summed E-state index contributed by atoms with van der Waals surface area (Å²) in [6, 6.07) is 7.02. The van der Waals surface area contributed by atoms with E-state index in [1.165, 1.54) is 0 Å². The lowest BCUT2D eigenvalue weighted by molar-refractivity contribution is 1.06. The Balaban J connectivity index is 2.95. The maximum atomic E-state index is 6.10. The van der Waals surface area contributed by atoms with Crippen LogP contribution in [0.15, 0.2) is 24.3 Å². The van der Waals surface area contributed by atoms with Crippen LogP contribution in [0.2, 0.25) is 5.02 Å². The predicted octanol–water partition coefficient (Wildman–Crippen LogP) is 3.41. The molecule has 82 valence electrons. The molecule has 0 aromatic heterocycles. The van der Waals surface area contributed by atoms with Gasteiger partial charge >= 0.3 is 0 Å². The first-order valence-corrected chi connectivity index (χ1v) is 6.15. The highest BCUT2D eigenvalue weighted by Gasteiger charge is 2.31. The summed E-state index contributed by atoms with van der Waals surface area (Å²) in [5.74, 6) is 5.13. The van der Waals surface area contributed by atoms with Crippen LogP contribution in [0.5, 0.6) is 0 Å². The van der Waals surface area contributed by atoms with Gasteiger partial charge in [-0.2, -0.15) is 0 Å². The molecule has 15 heavy (non-hydrogen) atoms. The van der Waals surface area contributed by atoms with Crippen molar-refractivity contribution in [3.63, 3.8) is 0 Å². The Hall–Kier alpha value is 0.290. The number of thiocarbonyl (C=S) groups is 1. The Morgan fingerprint density at radius 1 is 1.40 bits per heavy atom. The minimum Gasteiger partial charge on any atom is -0.309 e. The molecule has 0 unspecified atom stereocenters. The first-order chi connectivity index (χ1) is 6.97. The van der Waals surface area contributed by atoms with Gasteiger partial charge in [-0.15, -0.1) is 0 Å². The van der Waals surface area contributed by atoms with E-state index in [2.05, 4.69) is 5.43 Å². The number of thioether (sulfide) groups is 1. The van der Waals surface area contributed by atoms with Gasteiger partial charge in [0.2, 0.25) is 0 Å². The van der Waals surface area contributed by atoms with Crippen LogP contribution in [0, 0.1) is 0 Å². The molecule has 0 heterocycles. The van der Waals surface area contributed by atoms with Gasteiger partial charge in [0.25, 0.3) is 0 Å². The predicted molar refractivity (Wildman–Crippen MR) is 72.3 cm³/mol. The lowest BCUT2D eigenvalue weighted by Crippen LogP contribution is -2.28. The SMILES string of the molecule is NNC(=S)SC(Cl)(Cl)c1ccccc1Cl. The van der Waals surface area contributed by atoms with Crippen molar-refractivity contribution in [3.8, 4) is 0 Å². The van der Waals surface area contributed by atoms with Crippen molar-refractivity contribution in [2.24, 2.45) is 5.84 Å². The van der Waals surface area contributed by atoms with Crippen LogP contribution in [0.3, 0.4) is 0 Å². The molecule has 0 aliphatic carbocycles. The molecule has 0 aliphatic heterocycles. The van der Waals surface area contributed by atoms with E-state index in [9.17, 15) is 0 Å². The zero-order valence-corrected chi connectivity index (χ0v) is 11.2. The Morgan fingerprint density at radius 3 is 2.53 bits per heavy atom. The largest absolute Gasteiger partial charge is 0.309 e. The van der Waals surface area contributed by atoms with E-state index in [-0.39, 0.29) is 0 Å². The Labute approximate surface area is 112 Å². The van der Waals surface area contributed by atoms with Crippen molar-refractivity contribution >= 4 is 63.1 Å². The summed E-state index contributed by atoms with van der Waals surface area (Å²) in [6.07, 6.45) is 0. The van der Waals surface area contributed by atoms with Crippen LogP contribution in [0.25, 0.3) is 0 Å². The lowest BCUT2D eigenvalue weighted by atomic mass is 10.2. The third-order valence-corrected chi connectivity index (χ3v) is 3.87. The molecular weight excluding hydrogens is 295 g/mol. The van der Waals surface area contributed by atoms with Crippen LogP contribution >= 0.6 is 58.8 Å². The molecule has 0 amide bonds. The van der Waals surface area contributed by atoms with Crippen molar-refractivity contribution in [2.75, 3.05) is 0 Å². The average Bonchev–Trinajstić information content (AvgIpc) is 2.17. The molecule has 1 rings (SSSR count). The first-order valence-electron chi connectivity index (χ1n) is 3.80. The van der Waals surface area contributed by atoms with Gasteiger partial charge in [0.15, 0.2) is 7.99 Å². The van der Waals surface area contributed by atoms with E-state index in [1.54, 1.807) is 24.3 Å². The minimum absolute atomic E-state index is 0.292. The fourth-order valence-electron chi connectivity index (χ4n) is 0.898. The number of nitrogens with one attached hydrogen (secondary N) is 1. The molecule has 0 bridgehead atoms. The number of nitrogens with two attached hydrogens (primary N) is 1.